The molecule has 1 amide bonds. The maximum absolute atomic E-state index is 13.1. The molecule has 0 N–H and O–H groups in total. The minimum Gasteiger partial charge on any atom is -0.463 e. The van der Waals surface area contributed by atoms with E-state index in [2.05, 4.69) is 0 Å². The van der Waals surface area contributed by atoms with Gasteiger partial charge in [-0.25, -0.2) is 4.39 Å². The van der Waals surface area contributed by atoms with E-state index in [1.807, 2.05) is 15.5 Å². The lowest BCUT2D eigenvalue weighted by Crippen LogP contribution is -2.29. The second kappa shape index (κ2) is 5.57. The van der Waals surface area contributed by atoms with E-state index < -0.39 is 0 Å². The molecule has 4 rings (SSSR count). The first-order valence-corrected chi connectivity index (χ1v) is 7.83. The third-order valence-corrected chi connectivity index (χ3v) is 4.39. The van der Waals surface area contributed by atoms with E-state index in [1.54, 1.807) is 24.5 Å². The molecular weight excluding hydrogens is 295 g/mol. The molecule has 1 fully saturated rings. The summed E-state index contributed by atoms with van der Waals surface area (Å²) < 4.78 is 20.5. The first kappa shape index (κ1) is 14.1. The topological polar surface area (TPSA) is 38.4 Å². The molecule has 1 saturated heterocycles. The van der Waals surface area contributed by atoms with Crippen LogP contribution in [0.5, 0.6) is 0 Å². The van der Waals surface area contributed by atoms with Crippen molar-refractivity contribution in [3.8, 4) is 0 Å². The molecule has 0 bridgehead atoms. The van der Waals surface area contributed by atoms with Gasteiger partial charge in [0.2, 0.25) is 0 Å². The second-order valence-corrected chi connectivity index (χ2v) is 5.91. The molecule has 118 valence electrons. The number of amides is 1. The summed E-state index contributed by atoms with van der Waals surface area (Å²) in [6.07, 6.45) is 3.73. The first-order chi connectivity index (χ1) is 11.2. The lowest BCUT2D eigenvalue weighted by atomic mass is 10.2. The van der Waals surface area contributed by atoms with Crippen molar-refractivity contribution >= 4 is 17.0 Å². The maximum atomic E-state index is 13.1. The smallest absolute Gasteiger partial charge is 0.270 e. The molecule has 0 aliphatic carbocycles. The summed E-state index contributed by atoms with van der Waals surface area (Å²) in [5.74, 6) is -0.223. The number of carbonyl (C=O) groups excluding carboxylic acids is 1. The van der Waals surface area contributed by atoms with Gasteiger partial charge in [-0.1, -0.05) is 12.1 Å². The summed E-state index contributed by atoms with van der Waals surface area (Å²) >= 11 is 0. The molecule has 0 atom stereocenters. The zero-order valence-electron chi connectivity index (χ0n) is 12.7. The second-order valence-electron chi connectivity index (χ2n) is 5.91. The molecule has 0 spiro atoms. The SMILES string of the molecule is O=C(c1cc2occc2n1Cc1ccc(F)cc1)N1CCCC1. The number of likely N-dealkylation sites (tertiary alicyclic amines) is 1. The summed E-state index contributed by atoms with van der Waals surface area (Å²) in [7, 11) is 0. The number of carbonyl (C=O) groups is 1. The van der Waals surface area contributed by atoms with Gasteiger partial charge in [-0.3, -0.25) is 4.79 Å². The summed E-state index contributed by atoms with van der Waals surface area (Å²) in [4.78, 5) is 14.7. The molecule has 0 saturated carbocycles. The molecule has 1 aliphatic heterocycles. The van der Waals surface area contributed by atoms with Crippen molar-refractivity contribution in [2.75, 3.05) is 13.1 Å². The van der Waals surface area contributed by atoms with E-state index in [0.717, 1.165) is 37.0 Å². The summed E-state index contributed by atoms with van der Waals surface area (Å²) in [5, 5.41) is 0. The Morgan fingerprint density at radius 2 is 1.87 bits per heavy atom. The fourth-order valence-corrected chi connectivity index (χ4v) is 3.18. The third-order valence-electron chi connectivity index (χ3n) is 4.39. The Bertz CT molecular complexity index is 842. The van der Waals surface area contributed by atoms with Crippen molar-refractivity contribution in [2.24, 2.45) is 0 Å². The molecular formula is C18H17FN2O2. The van der Waals surface area contributed by atoms with Crippen LogP contribution < -0.4 is 0 Å². The number of fused-ring (bicyclic) bond motifs is 1. The van der Waals surface area contributed by atoms with Gasteiger partial charge in [0.15, 0.2) is 5.58 Å². The fourth-order valence-electron chi connectivity index (χ4n) is 3.18. The monoisotopic (exact) mass is 312 g/mol. The normalized spacial score (nSPS) is 14.7. The first-order valence-electron chi connectivity index (χ1n) is 7.83. The summed E-state index contributed by atoms with van der Waals surface area (Å²) in [6, 6.07) is 10.0. The van der Waals surface area contributed by atoms with E-state index >= 15 is 0 Å². The summed E-state index contributed by atoms with van der Waals surface area (Å²) in [5.41, 5.74) is 3.16. The largest absolute Gasteiger partial charge is 0.463 e. The molecule has 3 aromatic rings. The number of benzene rings is 1. The van der Waals surface area contributed by atoms with Crippen LogP contribution in [-0.4, -0.2) is 28.5 Å². The zero-order chi connectivity index (χ0) is 15.8. The molecule has 23 heavy (non-hydrogen) atoms. The van der Waals surface area contributed by atoms with Crippen LogP contribution in [-0.2, 0) is 6.54 Å². The Labute approximate surface area is 133 Å². The molecule has 5 heteroatoms. The van der Waals surface area contributed by atoms with Crippen LogP contribution in [0, 0.1) is 5.82 Å². The Kier molecular flexibility index (Phi) is 3.41. The molecule has 3 heterocycles. The Morgan fingerprint density at radius 1 is 1.13 bits per heavy atom. The van der Waals surface area contributed by atoms with Gasteiger partial charge < -0.3 is 13.9 Å². The van der Waals surface area contributed by atoms with Gasteiger partial charge in [0.25, 0.3) is 5.91 Å². The van der Waals surface area contributed by atoms with E-state index in [-0.39, 0.29) is 11.7 Å². The number of nitrogens with zero attached hydrogens (tertiary/aromatic N) is 2. The highest BCUT2D eigenvalue weighted by atomic mass is 19.1. The van der Waals surface area contributed by atoms with Gasteiger partial charge in [-0.05, 0) is 30.5 Å². The fraction of sp³-hybridized carbons (Fsp3) is 0.278. The van der Waals surface area contributed by atoms with Crippen molar-refractivity contribution < 1.29 is 13.6 Å². The lowest BCUT2D eigenvalue weighted by molar-refractivity contribution is 0.0783. The highest BCUT2D eigenvalue weighted by molar-refractivity contribution is 5.97. The van der Waals surface area contributed by atoms with Crippen molar-refractivity contribution in [1.82, 2.24) is 9.47 Å². The van der Waals surface area contributed by atoms with Crippen molar-refractivity contribution in [3.05, 3.63) is 59.7 Å². The van der Waals surface area contributed by atoms with Crippen LogP contribution in [0.4, 0.5) is 4.39 Å². The van der Waals surface area contributed by atoms with Crippen LogP contribution in [0.15, 0.2) is 47.1 Å². The number of halogens is 1. The average Bonchev–Trinajstić information content (AvgIpc) is 3.27. The predicted octanol–water partition coefficient (Wildman–Crippen LogP) is 3.66. The predicted molar refractivity (Wildman–Crippen MR) is 84.8 cm³/mol. The number of hydrogen-bond donors (Lipinski definition) is 0. The molecule has 0 unspecified atom stereocenters. The Balaban J connectivity index is 1.73. The highest BCUT2D eigenvalue weighted by Crippen LogP contribution is 2.24. The summed E-state index contributed by atoms with van der Waals surface area (Å²) in [6.45, 7) is 2.13. The van der Waals surface area contributed by atoms with Crippen molar-refractivity contribution in [1.29, 1.82) is 0 Å². The van der Waals surface area contributed by atoms with Gasteiger partial charge >= 0.3 is 0 Å². The maximum Gasteiger partial charge on any atom is 0.270 e. The number of hydrogen-bond acceptors (Lipinski definition) is 2. The van der Waals surface area contributed by atoms with Crippen molar-refractivity contribution in [3.63, 3.8) is 0 Å². The van der Waals surface area contributed by atoms with E-state index in [0.29, 0.717) is 17.8 Å². The van der Waals surface area contributed by atoms with Gasteiger partial charge in [0.1, 0.15) is 11.5 Å². The molecule has 1 aromatic carbocycles. The van der Waals surface area contributed by atoms with Gasteiger partial charge in [0, 0.05) is 31.8 Å². The minimum absolute atomic E-state index is 0.0380. The van der Waals surface area contributed by atoms with Crippen LogP contribution in [0.2, 0.25) is 0 Å². The van der Waals surface area contributed by atoms with Gasteiger partial charge in [-0.2, -0.15) is 0 Å². The Morgan fingerprint density at radius 3 is 2.61 bits per heavy atom. The number of aromatic nitrogens is 1. The minimum atomic E-state index is -0.261. The number of rotatable bonds is 3. The van der Waals surface area contributed by atoms with Gasteiger partial charge in [0.05, 0.1) is 11.8 Å². The molecule has 1 aliphatic rings. The van der Waals surface area contributed by atoms with E-state index in [4.69, 9.17) is 4.42 Å². The number of furan rings is 1. The van der Waals surface area contributed by atoms with Crippen molar-refractivity contribution in [2.45, 2.75) is 19.4 Å². The molecule has 2 aromatic heterocycles. The Hall–Kier alpha value is -2.56. The van der Waals surface area contributed by atoms with E-state index in [9.17, 15) is 9.18 Å². The quantitative estimate of drug-likeness (QED) is 0.740. The lowest BCUT2D eigenvalue weighted by Gasteiger charge is -2.17. The van der Waals surface area contributed by atoms with Gasteiger partial charge in [-0.15, -0.1) is 0 Å². The average molecular weight is 312 g/mol. The van der Waals surface area contributed by atoms with Crippen LogP contribution in [0.3, 0.4) is 0 Å². The van der Waals surface area contributed by atoms with Crippen LogP contribution in [0.1, 0.15) is 28.9 Å². The van der Waals surface area contributed by atoms with Crippen LogP contribution >= 0.6 is 0 Å². The standard InChI is InChI=1S/C18H17FN2O2/c19-14-5-3-13(4-6-14)12-21-15-7-10-23-17(15)11-16(21)18(22)20-8-1-2-9-20/h3-7,10-11H,1-2,8-9,12H2. The molecule has 4 nitrogen and oxygen atoms in total. The molecule has 0 radical (unpaired) electrons. The van der Waals surface area contributed by atoms with Crippen LogP contribution in [0.25, 0.3) is 11.1 Å². The van der Waals surface area contributed by atoms with E-state index in [1.165, 1.54) is 12.1 Å². The highest BCUT2D eigenvalue weighted by Gasteiger charge is 2.24. The third kappa shape index (κ3) is 2.52. The zero-order valence-corrected chi connectivity index (χ0v) is 12.7.